The van der Waals surface area contributed by atoms with Gasteiger partial charge in [0.25, 0.3) is 0 Å². The Hall–Kier alpha value is -1.16. The zero-order chi connectivity index (χ0) is 20.1. The van der Waals surface area contributed by atoms with Crippen LogP contribution in [-0.2, 0) is 19.1 Å². The van der Waals surface area contributed by atoms with Crippen molar-refractivity contribution in [3.63, 3.8) is 0 Å². The molecule has 1 aliphatic heterocycles. The van der Waals surface area contributed by atoms with Crippen LogP contribution in [0.4, 0.5) is 0 Å². The molecular weight excluding hydrogens is 352 g/mol. The Bertz CT molecular complexity index is 785. The van der Waals surface area contributed by atoms with Crippen molar-refractivity contribution in [1.29, 1.82) is 0 Å². The molecule has 0 N–H and O–H groups in total. The van der Waals surface area contributed by atoms with Crippen molar-refractivity contribution in [3.8, 4) is 0 Å². The van der Waals surface area contributed by atoms with E-state index in [0.717, 1.165) is 38.5 Å². The molecule has 4 aliphatic carbocycles. The number of epoxide rings is 1. The zero-order valence-electron chi connectivity index (χ0n) is 18.0. The predicted octanol–water partition coefficient (Wildman–Crippen LogP) is 4.61. The second-order valence-corrected chi connectivity index (χ2v) is 11.0. The largest absolute Gasteiger partial charge is 0.462 e. The number of ketones is 1. The summed E-state index contributed by atoms with van der Waals surface area (Å²) in [7, 11) is 0. The normalized spacial score (nSPS) is 53.8. The van der Waals surface area contributed by atoms with E-state index in [1.807, 2.05) is 0 Å². The van der Waals surface area contributed by atoms with Gasteiger partial charge in [-0.1, -0.05) is 25.5 Å². The molecule has 0 radical (unpaired) electrons. The van der Waals surface area contributed by atoms with Crippen molar-refractivity contribution in [2.24, 2.45) is 28.6 Å². The van der Waals surface area contributed by atoms with Gasteiger partial charge in [-0.3, -0.25) is 9.59 Å². The summed E-state index contributed by atoms with van der Waals surface area (Å²) in [5.41, 5.74) is 0.935. The van der Waals surface area contributed by atoms with Crippen LogP contribution >= 0.6 is 0 Å². The van der Waals surface area contributed by atoms with E-state index in [4.69, 9.17) is 9.47 Å². The number of rotatable bonds is 2. The van der Waals surface area contributed by atoms with Gasteiger partial charge in [0, 0.05) is 18.8 Å². The molecule has 0 spiro atoms. The molecule has 0 aromatic carbocycles. The second-order valence-electron chi connectivity index (χ2n) is 11.0. The molecule has 3 saturated carbocycles. The van der Waals surface area contributed by atoms with Crippen molar-refractivity contribution < 1.29 is 19.1 Å². The van der Waals surface area contributed by atoms with Gasteiger partial charge < -0.3 is 9.47 Å². The van der Waals surface area contributed by atoms with E-state index in [1.54, 1.807) is 6.92 Å². The molecule has 1 heterocycles. The fourth-order valence-electron chi connectivity index (χ4n) is 8.58. The van der Waals surface area contributed by atoms with E-state index in [2.05, 4.69) is 26.8 Å². The molecule has 0 bridgehead atoms. The minimum Gasteiger partial charge on any atom is -0.462 e. The average molecular weight is 387 g/mol. The summed E-state index contributed by atoms with van der Waals surface area (Å²) in [6.45, 7) is 10.2. The lowest BCUT2D eigenvalue weighted by Crippen LogP contribution is -2.54. The molecule has 154 valence electrons. The van der Waals surface area contributed by atoms with Gasteiger partial charge in [-0.05, 0) is 75.5 Å². The highest BCUT2D eigenvalue weighted by Crippen LogP contribution is 2.77. The molecule has 0 amide bonds. The topological polar surface area (TPSA) is 55.9 Å². The first-order valence-corrected chi connectivity index (χ1v) is 11.2. The summed E-state index contributed by atoms with van der Waals surface area (Å²) in [5.74, 6) is 1.95. The Morgan fingerprint density at radius 2 is 1.86 bits per heavy atom. The van der Waals surface area contributed by atoms with Gasteiger partial charge in [0.05, 0.1) is 0 Å². The molecule has 4 nitrogen and oxygen atoms in total. The molecule has 2 unspecified atom stereocenters. The molecule has 4 heteroatoms. The van der Waals surface area contributed by atoms with Crippen LogP contribution in [-0.4, -0.2) is 29.1 Å². The average Bonchev–Trinajstić information content (AvgIpc) is 3.19. The lowest BCUT2D eigenvalue weighted by atomic mass is 9.47. The Kier molecular flexibility index (Phi) is 3.70. The molecule has 0 aromatic heterocycles. The minimum atomic E-state index is -0.534. The van der Waals surface area contributed by atoms with Gasteiger partial charge in [-0.2, -0.15) is 0 Å². The van der Waals surface area contributed by atoms with E-state index >= 15 is 0 Å². The monoisotopic (exact) mass is 386 g/mol. The quantitative estimate of drug-likeness (QED) is 0.395. The van der Waals surface area contributed by atoms with E-state index in [0.29, 0.717) is 17.8 Å². The van der Waals surface area contributed by atoms with Crippen LogP contribution in [0.3, 0.4) is 0 Å². The number of ether oxygens (including phenoxy) is 2. The van der Waals surface area contributed by atoms with Gasteiger partial charge in [-0.25, -0.2) is 0 Å². The van der Waals surface area contributed by atoms with Gasteiger partial charge in [0.1, 0.15) is 11.7 Å². The third-order valence-corrected chi connectivity index (χ3v) is 9.77. The minimum absolute atomic E-state index is 0.0224. The first-order valence-electron chi connectivity index (χ1n) is 11.2. The lowest BCUT2D eigenvalue weighted by molar-refractivity contribution is -0.149. The summed E-state index contributed by atoms with van der Waals surface area (Å²) in [6.07, 6.45) is 9.89. The smallest absolute Gasteiger partial charge is 0.302 e. The van der Waals surface area contributed by atoms with E-state index in [-0.39, 0.29) is 34.3 Å². The molecule has 8 atom stereocenters. The maximum Gasteiger partial charge on any atom is 0.302 e. The van der Waals surface area contributed by atoms with Crippen molar-refractivity contribution >= 4 is 11.8 Å². The molecule has 0 aromatic rings. The van der Waals surface area contributed by atoms with Crippen LogP contribution in [0.1, 0.15) is 79.6 Å². The highest BCUT2D eigenvalue weighted by Gasteiger charge is 2.85. The maximum atomic E-state index is 12.7. The SMILES string of the molecule is CC(=O)OC1CC[C@@]2(C)C(=CC[C@@H]3[C@@H]2CC[C@@]2(C)[C@H]3CC3(C)O[C@]32C(C)=O)C1. The van der Waals surface area contributed by atoms with Crippen LogP contribution in [0, 0.1) is 28.6 Å². The van der Waals surface area contributed by atoms with Crippen LogP contribution < -0.4 is 0 Å². The first kappa shape index (κ1) is 18.8. The number of carbonyl (C=O) groups excluding carboxylic acids is 2. The standard InChI is InChI=1S/C24H34O4/c1-14(25)24-22(4)11-9-19-18(20(22)13-23(24,5)28-24)7-6-16-12-17(27-15(2)26)8-10-21(16,19)3/h6,17-20H,7-13H2,1-5H3/t17?,18-,19+,20+,21+,22+,23?,24+/m1/s1. The zero-order valence-corrected chi connectivity index (χ0v) is 18.0. The second kappa shape index (κ2) is 5.50. The summed E-state index contributed by atoms with van der Waals surface area (Å²) in [6, 6.07) is 0. The molecule has 28 heavy (non-hydrogen) atoms. The molecule has 5 rings (SSSR count). The number of carbonyl (C=O) groups is 2. The Labute approximate surface area is 168 Å². The number of allylic oxidation sites excluding steroid dienone is 1. The third kappa shape index (κ3) is 2.06. The first-order chi connectivity index (χ1) is 13.1. The molecule has 4 fully saturated rings. The van der Waals surface area contributed by atoms with Crippen molar-refractivity contribution in [2.45, 2.75) is 96.9 Å². The van der Waals surface area contributed by atoms with E-state index in [9.17, 15) is 9.59 Å². The van der Waals surface area contributed by atoms with Crippen LogP contribution in [0.2, 0.25) is 0 Å². The Balaban J connectivity index is 1.45. The van der Waals surface area contributed by atoms with Gasteiger partial charge in [0.2, 0.25) is 0 Å². The van der Waals surface area contributed by atoms with Crippen molar-refractivity contribution in [1.82, 2.24) is 0 Å². The molecule has 1 saturated heterocycles. The fourth-order valence-corrected chi connectivity index (χ4v) is 8.58. The van der Waals surface area contributed by atoms with Crippen molar-refractivity contribution in [3.05, 3.63) is 11.6 Å². The fraction of sp³-hybridized carbons (Fsp3) is 0.833. The summed E-state index contributed by atoms with van der Waals surface area (Å²) in [5, 5.41) is 0. The Morgan fingerprint density at radius 3 is 2.54 bits per heavy atom. The number of hydrogen-bond donors (Lipinski definition) is 0. The predicted molar refractivity (Wildman–Crippen MR) is 106 cm³/mol. The van der Waals surface area contributed by atoms with Gasteiger partial charge in [0.15, 0.2) is 11.4 Å². The summed E-state index contributed by atoms with van der Waals surface area (Å²) in [4.78, 5) is 24.1. The van der Waals surface area contributed by atoms with Crippen LogP contribution in [0.15, 0.2) is 11.6 Å². The maximum absolute atomic E-state index is 12.7. The Morgan fingerprint density at radius 1 is 1.11 bits per heavy atom. The van der Waals surface area contributed by atoms with Crippen molar-refractivity contribution in [2.75, 3.05) is 0 Å². The van der Waals surface area contributed by atoms with Gasteiger partial charge >= 0.3 is 5.97 Å². The van der Waals surface area contributed by atoms with E-state index in [1.165, 1.54) is 18.9 Å². The third-order valence-electron chi connectivity index (χ3n) is 9.77. The number of esters is 1. The highest BCUT2D eigenvalue weighted by molar-refractivity contribution is 5.91. The number of hydrogen-bond acceptors (Lipinski definition) is 4. The van der Waals surface area contributed by atoms with Gasteiger partial charge in [-0.15, -0.1) is 0 Å². The molecule has 5 aliphatic rings. The number of Topliss-reactive ketones (excluding diaryl/α,β-unsaturated/α-hetero) is 1. The summed E-state index contributed by atoms with van der Waals surface area (Å²) < 4.78 is 11.8. The lowest BCUT2D eigenvalue weighted by Gasteiger charge is -2.58. The van der Waals surface area contributed by atoms with Crippen LogP contribution in [0.5, 0.6) is 0 Å². The number of fused-ring (bicyclic) bond motifs is 7. The van der Waals surface area contributed by atoms with E-state index < -0.39 is 5.60 Å². The highest BCUT2D eigenvalue weighted by atomic mass is 16.6. The molecular formula is C24H34O4. The van der Waals surface area contributed by atoms with Crippen LogP contribution in [0.25, 0.3) is 0 Å². The summed E-state index contributed by atoms with van der Waals surface area (Å²) >= 11 is 0.